The maximum absolute atomic E-state index is 2.24. The van der Waals surface area contributed by atoms with E-state index in [4.69, 9.17) is 0 Å². The fraction of sp³-hybridized carbons (Fsp3) is 0. The molecule has 7 aromatic rings. The summed E-state index contributed by atoms with van der Waals surface area (Å²) in [5, 5.41) is 8.61. The molecule has 7 aromatic carbocycles. The van der Waals surface area contributed by atoms with Gasteiger partial charge in [0.05, 0.1) is 15.8 Å². The van der Waals surface area contributed by atoms with Gasteiger partial charge in [0.25, 0.3) is 0 Å². The summed E-state index contributed by atoms with van der Waals surface area (Å²) in [6.07, 6.45) is 0. The summed E-state index contributed by atoms with van der Waals surface area (Å²) in [6.45, 7) is 0. The zero-order chi connectivity index (χ0) is 29.4. The maximum atomic E-state index is 2.24. The third kappa shape index (κ3) is 10.9. The van der Waals surface area contributed by atoms with Gasteiger partial charge in [0.2, 0.25) is 0 Å². The van der Waals surface area contributed by atoms with Gasteiger partial charge < -0.3 is 7.43 Å². The van der Waals surface area contributed by atoms with Gasteiger partial charge in [0.15, 0.2) is 0 Å². The second-order valence-electron chi connectivity index (χ2n) is 9.91. The molecule has 0 unspecified atom stereocenters. The molecule has 0 amide bonds. The fourth-order valence-electron chi connectivity index (χ4n) is 4.95. The largest absolute Gasteiger partial charge is 6.00 e. The van der Waals surface area contributed by atoms with Crippen LogP contribution < -0.4 is 31.8 Å². The van der Waals surface area contributed by atoms with Crippen molar-refractivity contribution in [1.29, 1.82) is 0 Å². The van der Waals surface area contributed by atoms with E-state index in [0.717, 1.165) is 0 Å². The molecule has 0 saturated carbocycles. The van der Waals surface area contributed by atoms with Crippen molar-refractivity contribution in [2.75, 3.05) is 0 Å². The van der Waals surface area contributed by atoms with Crippen LogP contribution in [0.5, 0.6) is 0 Å². The monoisotopic (exact) mass is 798 g/mol. The Balaban J connectivity index is 0.000000204. The van der Waals surface area contributed by atoms with Crippen molar-refractivity contribution in [2.45, 2.75) is 0 Å². The van der Waals surface area contributed by atoms with Crippen LogP contribution in [-0.4, -0.2) is 0 Å². The summed E-state index contributed by atoms with van der Waals surface area (Å²) < 4.78 is 0. The summed E-state index contributed by atoms with van der Waals surface area (Å²) in [6, 6.07) is 75.0. The molecule has 0 fully saturated rings. The zero-order valence-electron chi connectivity index (χ0n) is 25.6. The van der Waals surface area contributed by atoms with Crippen molar-refractivity contribution in [3.8, 4) is 0 Å². The molecule has 0 aliphatic rings. The molecule has 0 aliphatic heterocycles. The van der Waals surface area contributed by atoms with Gasteiger partial charge in [-0.25, -0.2) is 12.1 Å². The van der Waals surface area contributed by atoms with Crippen molar-refractivity contribution in [1.82, 2.24) is 0 Å². The first kappa shape index (κ1) is 35.6. The Bertz CT molecular complexity index is 1350. The van der Waals surface area contributed by atoms with Gasteiger partial charge in [-0.2, -0.15) is 18.2 Å². The van der Waals surface area contributed by atoms with Gasteiger partial charge in [-0.3, -0.25) is 0 Å². The van der Waals surface area contributed by atoms with E-state index in [-0.39, 0.29) is 27.2 Å². The van der Waals surface area contributed by atoms with Crippen LogP contribution in [-0.2, 0) is 19.8 Å². The van der Waals surface area contributed by atoms with Crippen molar-refractivity contribution in [2.24, 2.45) is 0 Å². The molecule has 7 rings (SSSR count). The third-order valence-corrected chi connectivity index (χ3v) is 12.4. The van der Waals surface area contributed by atoms with Gasteiger partial charge in [0.1, 0.15) is 31.8 Å². The summed E-state index contributed by atoms with van der Waals surface area (Å²) in [4.78, 5) is 0. The fourth-order valence-corrected chi connectivity index (χ4v) is 10.1. The Kier molecular flexibility index (Phi) is 16.0. The van der Waals surface area contributed by atoms with Gasteiger partial charge in [-0.15, -0.1) is 0 Å². The van der Waals surface area contributed by atoms with Crippen LogP contribution in [0.2, 0.25) is 0 Å². The zero-order valence-corrected chi connectivity index (χ0v) is 30.1. The van der Waals surface area contributed by atoms with Crippen molar-refractivity contribution in [3.05, 3.63) is 220 Å². The van der Waals surface area contributed by atoms with Gasteiger partial charge in [-0.1, -0.05) is 109 Å². The van der Waals surface area contributed by atoms with Crippen molar-refractivity contribution in [3.63, 3.8) is 0 Å². The van der Waals surface area contributed by atoms with Crippen LogP contribution in [0.25, 0.3) is 0 Å². The maximum Gasteiger partial charge on any atom is 6.00 e. The topological polar surface area (TPSA) is 0 Å². The van der Waals surface area contributed by atoms with E-state index in [9.17, 15) is 0 Å². The molecule has 0 heterocycles. The summed E-state index contributed by atoms with van der Waals surface area (Å²) in [5.41, 5.74) is 0. The molecule has 0 aliphatic carbocycles. The summed E-state index contributed by atoms with van der Waals surface area (Å²) in [5.74, 6) is 0. The standard InChI is InChI=1S/2C18H15P.C5H5.CH3.Os/c2*1-4-10-16(11-5-1)19(17-12-6-2-7-13-17)18-14-8-3-9-15-18;1-2-4-5-3-1;;/h2*1-15H;1-5H;1H3;/q;;2*-1;+6/p+2. The quantitative estimate of drug-likeness (QED) is 0.118. The van der Waals surface area contributed by atoms with Crippen LogP contribution >= 0.6 is 15.8 Å². The van der Waals surface area contributed by atoms with E-state index >= 15 is 0 Å². The van der Waals surface area contributed by atoms with Crippen LogP contribution in [0.1, 0.15) is 0 Å². The molecule has 45 heavy (non-hydrogen) atoms. The molecular formula is C42H40OsP2+6. The molecule has 0 aromatic heterocycles. The Morgan fingerprint density at radius 2 is 0.444 bits per heavy atom. The van der Waals surface area contributed by atoms with E-state index in [0.29, 0.717) is 0 Å². The average Bonchev–Trinajstić information content (AvgIpc) is 3.69. The predicted octanol–water partition coefficient (Wildman–Crippen LogP) is 8.21. The first-order chi connectivity index (χ1) is 21.4. The van der Waals surface area contributed by atoms with Crippen LogP contribution in [0, 0.1) is 7.43 Å². The third-order valence-electron chi connectivity index (χ3n) is 6.93. The van der Waals surface area contributed by atoms with Gasteiger partial charge in [0, 0.05) is 0 Å². The van der Waals surface area contributed by atoms with E-state index in [2.05, 4.69) is 182 Å². The van der Waals surface area contributed by atoms with E-state index in [1.807, 2.05) is 30.3 Å². The van der Waals surface area contributed by atoms with Crippen molar-refractivity contribution < 1.29 is 19.8 Å². The van der Waals surface area contributed by atoms with Crippen molar-refractivity contribution >= 4 is 47.7 Å². The van der Waals surface area contributed by atoms with E-state index < -0.39 is 15.8 Å². The Hall–Kier alpha value is -3.83. The molecule has 0 bridgehead atoms. The molecule has 0 atom stereocenters. The first-order valence-electron chi connectivity index (χ1n) is 14.6. The number of benzene rings is 6. The molecule has 0 saturated heterocycles. The second kappa shape index (κ2) is 20.2. The van der Waals surface area contributed by atoms with Gasteiger partial charge >= 0.3 is 19.8 Å². The number of hydrogen-bond donors (Lipinski definition) is 0. The first-order valence-corrected chi connectivity index (χ1v) is 17.6. The van der Waals surface area contributed by atoms with Crippen LogP contribution in [0.3, 0.4) is 0 Å². The number of hydrogen-bond acceptors (Lipinski definition) is 0. The second-order valence-corrected chi connectivity index (χ2v) is 14.9. The summed E-state index contributed by atoms with van der Waals surface area (Å²) in [7, 11) is -1.75. The van der Waals surface area contributed by atoms with Gasteiger partial charge in [-0.05, 0) is 72.8 Å². The minimum atomic E-state index is -0.877. The molecular weight excluding hydrogens is 757 g/mol. The normalized spacial score (nSPS) is 9.82. The minimum absolute atomic E-state index is 0. The molecule has 0 spiro atoms. The summed E-state index contributed by atoms with van der Waals surface area (Å²) >= 11 is 0. The Morgan fingerprint density at radius 1 is 0.267 bits per heavy atom. The molecule has 0 nitrogen and oxygen atoms in total. The predicted molar refractivity (Wildman–Crippen MR) is 202 cm³/mol. The molecule has 0 N–H and O–H groups in total. The Labute approximate surface area is 285 Å². The molecule has 220 valence electrons. The van der Waals surface area contributed by atoms with E-state index in [1.165, 1.54) is 31.8 Å². The average molecular weight is 797 g/mol. The van der Waals surface area contributed by atoms with E-state index in [1.54, 1.807) is 0 Å². The Morgan fingerprint density at radius 3 is 0.578 bits per heavy atom. The molecule has 3 heteroatoms. The molecule has 0 radical (unpaired) electrons. The minimum Gasteiger partial charge on any atom is -0.358 e. The smallest absolute Gasteiger partial charge is 0.358 e. The SMILES string of the molecule is [CH3-].[Os+6].c1cc[cH-]c1.c1ccc([PH+](c2ccccc2)c2ccccc2)cc1.c1ccc([PH+](c2ccccc2)c2ccccc2)cc1. The number of rotatable bonds is 6. The van der Waals surface area contributed by atoms with Crippen LogP contribution in [0.4, 0.5) is 0 Å². The van der Waals surface area contributed by atoms with Crippen LogP contribution in [0.15, 0.2) is 212 Å².